The minimum absolute atomic E-state index is 0.336. The van der Waals surface area contributed by atoms with E-state index in [1.54, 1.807) is 0 Å². The number of hydrogen-bond donors (Lipinski definition) is 0. The predicted octanol–water partition coefficient (Wildman–Crippen LogP) is 2.17. The third-order valence-electron chi connectivity index (χ3n) is 2.46. The zero-order valence-electron chi connectivity index (χ0n) is 8.01. The van der Waals surface area contributed by atoms with Gasteiger partial charge in [0.15, 0.2) is 0 Å². The molecule has 1 saturated heterocycles. The minimum Gasteiger partial charge on any atom is -0.378 e. The Morgan fingerprint density at radius 2 is 2.33 bits per heavy atom. The second-order valence-corrected chi connectivity index (χ2v) is 4.38. The lowest BCUT2D eigenvalue weighted by Gasteiger charge is -2.34. The van der Waals surface area contributed by atoms with Crippen LogP contribution in [0.5, 0.6) is 0 Å². The summed E-state index contributed by atoms with van der Waals surface area (Å²) >= 11 is 0. The van der Waals surface area contributed by atoms with Gasteiger partial charge in [-0.2, -0.15) is 0 Å². The molecule has 0 spiro atoms. The van der Waals surface area contributed by atoms with Crippen LogP contribution < -0.4 is 0 Å². The molecule has 0 amide bonds. The summed E-state index contributed by atoms with van der Waals surface area (Å²) in [5.74, 6) is 0. The lowest BCUT2D eigenvalue weighted by Crippen LogP contribution is -2.31. The first-order chi connectivity index (χ1) is 5.64. The molecule has 0 aromatic rings. The van der Waals surface area contributed by atoms with Crippen molar-refractivity contribution >= 4 is 6.29 Å². The van der Waals surface area contributed by atoms with E-state index in [4.69, 9.17) is 4.74 Å². The average Bonchev–Trinajstić information content (AvgIpc) is 2.03. The van der Waals surface area contributed by atoms with Crippen LogP contribution in [0.1, 0.15) is 39.5 Å². The Morgan fingerprint density at radius 1 is 1.58 bits per heavy atom. The maximum Gasteiger partial charge on any atom is 0.120 e. The SMILES string of the molecule is CC1(C)CCC(CCC=O)OC1. The van der Waals surface area contributed by atoms with Crippen LogP contribution in [-0.2, 0) is 9.53 Å². The largest absolute Gasteiger partial charge is 0.378 e. The Kier molecular flexibility index (Phi) is 3.27. The summed E-state index contributed by atoms with van der Waals surface area (Å²) in [6.45, 7) is 5.29. The van der Waals surface area contributed by atoms with Crippen LogP contribution in [-0.4, -0.2) is 19.0 Å². The molecule has 1 heterocycles. The van der Waals surface area contributed by atoms with Crippen LogP contribution in [0.4, 0.5) is 0 Å². The highest BCUT2D eigenvalue weighted by atomic mass is 16.5. The Balaban J connectivity index is 2.22. The summed E-state index contributed by atoms with van der Waals surface area (Å²) in [6, 6.07) is 0. The summed E-state index contributed by atoms with van der Waals surface area (Å²) in [4.78, 5) is 10.1. The van der Waals surface area contributed by atoms with Crippen molar-refractivity contribution in [1.82, 2.24) is 0 Å². The molecular weight excluding hydrogens is 152 g/mol. The van der Waals surface area contributed by atoms with Crippen molar-refractivity contribution in [3.63, 3.8) is 0 Å². The molecule has 1 aliphatic rings. The summed E-state index contributed by atoms with van der Waals surface area (Å²) in [6.07, 6.45) is 5.19. The number of rotatable bonds is 3. The molecule has 0 radical (unpaired) electrons. The number of carbonyl (C=O) groups excluding carboxylic acids is 1. The van der Waals surface area contributed by atoms with Crippen molar-refractivity contribution < 1.29 is 9.53 Å². The topological polar surface area (TPSA) is 26.3 Å². The maximum absolute atomic E-state index is 10.1. The zero-order valence-corrected chi connectivity index (χ0v) is 8.01. The third-order valence-corrected chi connectivity index (χ3v) is 2.46. The number of ether oxygens (including phenoxy) is 1. The Bertz CT molecular complexity index is 142. The van der Waals surface area contributed by atoms with Gasteiger partial charge >= 0.3 is 0 Å². The summed E-state index contributed by atoms with van der Waals surface area (Å²) in [7, 11) is 0. The minimum atomic E-state index is 0.336. The van der Waals surface area contributed by atoms with Gasteiger partial charge in [0.25, 0.3) is 0 Å². The fraction of sp³-hybridized carbons (Fsp3) is 0.900. The molecule has 0 bridgehead atoms. The Labute approximate surface area is 74.3 Å². The van der Waals surface area contributed by atoms with Gasteiger partial charge in [-0.1, -0.05) is 13.8 Å². The van der Waals surface area contributed by atoms with E-state index in [1.807, 2.05) is 0 Å². The van der Waals surface area contributed by atoms with E-state index >= 15 is 0 Å². The van der Waals surface area contributed by atoms with Crippen LogP contribution >= 0.6 is 0 Å². The number of carbonyl (C=O) groups is 1. The first kappa shape index (κ1) is 9.72. The molecule has 0 N–H and O–H groups in total. The lowest BCUT2D eigenvalue weighted by atomic mass is 9.84. The van der Waals surface area contributed by atoms with Gasteiger partial charge < -0.3 is 9.53 Å². The van der Waals surface area contributed by atoms with Crippen molar-refractivity contribution in [2.45, 2.75) is 45.6 Å². The first-order valence-electron chi connectivity index (χ1n) is 4.69. The molecule has 12 heavy (non-hydrogen) atoms. The van der Waals surface area contributed by atoms with E-state index in [0.29, 0.717) is 17.9 Å². The smallest absolute Gasteiger partial charge is 0.120 e. The molecule has 0 aromatic carbocycles. The van der Waals surface area contributed by atoms with Crippen LogP contribution in [0, 0.1) is 5.41 Å². The van der Waals surface area contributed by atoms with Crippen molar-refractivity contribution in [2.24, 2.45) is 5.41 Å². The monoisotopic (exact) mass is 170 g/mol. The molecule has 1 rings (SSSR count). The van der Waals surface area contributed by atoms with Crippen LogP contribution in [0.15, 0.2) is 0 Å². The van der Waals surface area contributed by atoms with Gasteiger partial charge in [0, 0.05) is 6.42 Å². The van der Waals surface area contributed by atoms with E-state index in [-0.39, 0.29) is 0 Å². The highest BCUT2D eigenvalue weighted by molar-refractivity contribution is 5.49. The summed E-state index contributed by atoms with van der Waals surface area (Å²) < 4.78 is 5.64. The average molecular weight is 170 g/mol. The van der Waals surface area contributed by atoms with E-state index < -0.39 is 0 Å². The van der Waals surface area contributed by atoms with Crippen molar-refractivity contribution in [3.05, 3.63) is 0 Å². The van der Waals surface area contributed by atoms with Gasteiger partial charge in [0.1, 0.15) is 6.29 Å². The maximum atomic E-state index is 10.1. The second-order valence-electron chi connectivity index (χ2n) is 4.38. The van der Waals surface area contributed by atoms with E-state index in [2.05, 4.69) is 13.8 Å². The lowest BCUT2D eigenvalue weighted by molar-refractivity contribution is -0.109. The molecule has 0 aliphatic carbocycles. The second kappa shape index (κ2) is 4.04. The fourth-order valence-corrected chi connectivity index (χ4v) is 1.53. The number of hydrogen-bond acceptors (Lipinski definition) is 2. The molecule has 0 aromatic heterocycles. The van der Waals surface area contributed by atoms with Gasteiger partial charge in [-0.3, -0.25) is 0 Å². The van der Waals surface area contributed by atoms with Crippen molar-refractivity contribution in [3.8, 4) is 0 Å². The molecule has 1 unspecified atom stereocenters. The molecule has 70 valence electrons. The Hall–Kier alpha value is -0.370. The van der Waals surface area contributed by atoms with Crippen LogP contribution in [0.25, 0.3) is 0 Å². The normalized spacial score (nSPS) is 28.3. The van der Waals surface area contributed by atoms with Gasteiger partial charge in [-0.25, -0.2) is 0 Å². The van der Waals surface area contributed by atoms with E-state index in [1.165, 1.54) is 6.42 Å². The summed E-state index contributed by atoms with van der Waals surface area (Å²) in [5.41, 5.74) is 0.345. The fourth-order valence-electron chi connectivity index (χ4n) is 1.53. The molecule has 1 aliphatic heterocycles. The Morgan fingerprint density at radius 3 is 2.83 bits per heavy atom. The third kappa shape index (κ3) is 2.94. The molecule has 2 nitrogen and oxygen atoms in total. The van der Waals surface area contributed by atoms with E-state index in [0.717, 1.165) is 25.7 Å². The van der Waals surface area contributed by atoms with E-state index in [9.17, 15) is 4.79 Å². The first-order valence-corrected chi connectivity index (χ1v) is 4.69. The highest BCUT2D eigenvalue weighted by Gasteiger charge is 2.26. The molecule has 0 saturated carbocycles. The van der Waals surface area contributed by atoms with Crippen molar-refractivity contribution in [2.75, 3.05) is 6.61 Å². The zero-order chi connectivity index (χ0) is 9.03. The quantitative estimate of drug-likeness (QED) is 0.607. The van der Waals surface area contributed by atoms with Gasteiger partial charge in [0.2, 0.25) is 0 Å². The number of aldehydes is 1. The van der Waals surface area contributed by atoms with Gasteiger partial charge in [-0.15, -0.1) is 0 Å². The summed E-state index contributed by atoms with van der Waals surface area (Å²) in [5, 5.41) is 0. The predicted molar refractivity (Wildman–Crippen MR) is 48.1 cm³/mol. The molecule has 1 atom stereocenters. The highest BCUT2D eigenvalue weighted by Crippen LogP contribution is 2.30. The van der Waals surface area contributed by atoms with Gasteiger partial charge in [0.05, 0.1) is 12.7 Å². The molecule has 2 heteroatoms. The van der Waals surface area contributed by atoms with Gasteiger partial charge in [-0.05, 0) is 24.7 Å². The van der Waals surface area contributed by atoms with Crippen LogP contribution in [0.2, 0.25) is 0 Å². The van der Waals surface area contributed by atoms with Crippen LogP contribution in [0.3, 0.4) is 0 Å². The molecular formula is C10H18O2. The standard InChI is InChI=1S/C10H18O2/c1-10(2)6-5-9(12-8-10)4-3-7-11/h7,9H,3-6,8H2,1-2H3. The molecule has 1 fully saturated rings. The van der Waals surface area contributed by atoms with Crippen molar-refractivity contribution in [1.29, 1.82) is 0 Å².